The minimum absolute atomic E-state index is 0.212. The Morgan fingerprint density at radius 3 is 2.94 bits per heavy atom. The maximum Gasteiger partial charge on any atom is 0.123 e. The molecular weight excluding hydrogens is 295 g/mol. The van der Waals surface area contributed by atoms with E-state index in [4.69, 9.17) is 0 Å². The third-order valence-corrected chi connectivity index (χ3v) is 3.32. The molecule has 3 rings (SSSR count). The first-order chi connectivity index (χ1) is 8.72. The van der Waals surface area contributed by atoms with Gasteiger partial charge in [0.25, 0.3) is 0 Å². The van der Waals surface area contributed by atoms with Crippen molar-refractivity contribution in [2.45, 2.75) is 6.42 Å². The molecule has 0 aliphatic rings. The Labute approximate surface area is 112 Å². The van der Waals surface area contributed by atoms with Crippen LogP contribution >= 0.6 is 15.9 Å². The summed E-state index contributed by atoms with van der Waals surface area (Å²) in [6.07, 6.45) is 4.40. The Kier molecular flexibility index (Phi) is 2.88. The molecule has 4 heteroatoms. The van der Waals surface area contributed by atoms with Gasteiger partial charge in [0, 0.05) is 17.1 Å². The highest BCUT2D eigenvalue weighted by molar-refractivity contribution is 9.10. The van der Waals surface area contributed by atoms with Gasteiger partial charge >= 0.3 is 0 Å². The molecule has 0 atom stereocenters. The lowest BCUT2D eigenvalue weighted by Gasteiger charge is -2.02. The molecule has 2 heterocycles. The lowest BCUT2D eigenvalue weighted by Crippen LogP contribution is -1.96. The normalized spacial score (nSPS) is 11.0. The third-order valence-electron chi connectivity index (χ3n) is 2.82. The number of halogens is 2. The molecule has 0 unspecified atom stereocenters. The lowest BCUT2D eigenvalue weighted by molar-refractivity contribution is 0.625. The number of hydrogen-bond donors (Lipinski definition) is 0. The van der Waals surface area contributed by atoms with Crippen LogP contribution in [0.3, 0.4) is 0 Å². The zero-order valence-corrected chi connectivity index (χ0v) is 11.1. The van der Waals surface area contributed by atoms with Crippen molar-refractivity contribution in [1.82, 2.24) is 9.38 Å². The van der Waals surface area contributed by atoms with E-state index in [0.29, 0.717) is 6.42 Å². The standard InChI is InChI=1S/C14H10BrFN2/c15-11-4-5-18-13(8-11)9-17-14(18)7-10-2-1-3-12(16)6-10/h1-6,8-9H,7H2. The van der Waals surface area contributed by atoms with Crippen LogP contribution in [0.2, 0.25) is 0 Å². The van der Waals surface area contributed by atoms with Gasteiger partial charge in [0.2, 0.25) is 0 Å². The van der Waals surface area contributed by atoms with Gasteiger partial charge in [0.15, 0.2) is 0 Å². The van der Waals surface area contributed by atoms with Gasteiger partial charge in [-0.05, 0) is 29.8 Å². The molecule has 0 saturated heterocycles. The van der Waals surface area contributed by atoms with E-state index in [0.717, 1.165) is 21.4 Å². The highest BCUT2D eigenvalue weighted by Gasteiger charge is 2.05. The number of nitrogens with zero attached hydrogens (tertiary/aromatic N) is 2. The first-order valence-electron chi connectivity index (χ1n) is 5.58. The van der Waals surface area contributed by atoms with Crippen molar-refractivity contribution in [2.75, 3.05) is 0 Å². The summed E-state index contributed by atoms with van der Waals surface area (Å²) in [7, 11) is 0. The van der Waals surface area contributed by atoms with Crippen molar-refractivity contribution < 1.29 is 4.39 Å². The minimum atomic E-state index is -0.212. The van der Waals surface area contributed by atoms with E-state index in [-0.39, 0.29) is 5.82 Å². The van der Waals surface area contributed by atoms with Gasteiger partial charge in [0.1, 0.15) is 11.6 Å². The molecule has 1 aromatic carbocycles. The Balaban J connectivity index is 2.00. The Morgan fingerprint density at radius 2 is 2.11 bits per heavy atom. The smallest absolute Gasteiger partial charge is 0.123 e. The van der Waals surface area contributed by atoms with Gasteiger partial charge < -0.3 is 4.40 Å². The van der Waals surface area contributed by atoms with E-state index in [1.807, 2.05) is 35.0 Å². The molecule has 3 aromatic rings. The third kappa shape index (κ3) is 2.16. The number of aromatic nitrogens is 2. The van der Waals surface area contributed by atoms with E-state index >= 15 is 0 Å². The average molecular weight is 305 g/mol. The van der Waals surface area contributed by atoms with Crippen LogP contribution in [-0.2, 0) is 6.42 Å². The number of pyridine rings is 1. The molecule has 0 aliphatic heterocycles. The Hall–Kier alpha value is -1.68. The van der Waals surface area contributed by atoms with Gasteiger partial charge in [-0.15, -0.1) is 0 Å². The second-order valence-corrected chi connectivity index (χ2v) is 5.04. The number of imidazole rings is 1. The number of rotatable bonds is 2. The van der Waals surface area contributed by atoms with Crippen molar-refractivity contribution in [3.63, 3.8) is 0 Å². The largest absolute Gasteiger partial charge is 0.303 e. The zero-order valence-electron chi connectivity index (χ0n) is 9.48. The summed E-state index contributed by atoms with van der Waals surface area (Å²) in [6.45, 7) is 0. The molecule has 0 fully saturated rings. The number of benzene rings is 1. The summed E-state index contributed by atoms with van der Waals surface area (Å²) >= 11 is 3.43. The van der Waals surface area contributed by atoms with Crippen LogP contribution in [0.15, 0.2) is 53.3 Å². The minimum Gasteiger partial charge on any atom is -0.303 e. The van der Waals surface area contributed by atoms with Crippen LogP contribution in [0.5, 0.6) is 0 Å². The van der Waals surface area contributed by atoms with E-state index < -0.39 is 0 Å². The van der Waals surface area contributed by atoms with Crippen LogP contribution in [0.1, 0.15) is 11.4 Å². The fourth-order valence-corrected chi connectivity index (χ4v) is 2.34. The maximum atomic E-state index is 13.1. The molecule has 90 valence electrons. The Bertz CT molecular complexity index is 706. The quantitative estimate of drug-likeness (QED) is 0.703. The first-order valence-corrected chi connectivity index (χ1v) is 6.37. The zero-order chi connectivity index (χ0) is 12.5. The molecule has 0 radical (unpaired) electrons. The first kappa shape index (κ1) is 11.4. The molecule has 0 amide bonds. The highest BCUT2D eigenvalue weighted by Crippen LogP contribution is 2.16. The summed E-state index contributed by atoms with van der Waals surface area (Å²) in [5.74, 6) is 0.694. The lowest BCUT2D eigenvalue weighted by atomic mass is 10.1. The predicted octanol–water partition coefficient (Wildman–Crippen LogP) is 3.83. The SMILES string of the molecule is Fc1cccc(Cc2ncc3cc(Br)ccn23)c1. The molecule has 0 spiro atoms. The van der Waals surface area contributed by atoms with Crippen LogP contribution in [0.4, 0.5) is 4.39 Å². The van der Waals surface area contributed by atoms with Crippen molar-refractivity contribution >= 4 is 21.4 Å². The van der Waals surface area contributed by atoms with E-state index in [2.05, 4.69) is 20.9 Å². The maximum absolute atomic E-state index is 13.1. The number of hydrogen-bond acceptors (Lipinski definition) is 1. The van der Waals surface area contributed by atoms with E-state index in [9.17, 15) is 4.39 Å². The molecule has 0 aliphatic carbocycles. The molecule has 2 nitrogen and oxygen atoms in total. The molecule has 18 heavy (non-hydrogen) atoms. The molecule has 0 bridgehead atoms. The highest BCUT2D eigenvalue weighted by atomic mass is 79.9. The van der Waals surface area contributed by atoms with Crippen molar-refractivity contribution in [1.29, 1.82) is 0 Å². The topological polar surface area (TPSA) is 17.3 Å². The van der Waals surface area contributed by atoms with Crippen LogP contribution in [0, 0.1) is 5.82 Å². The molecule has 0 saturated carbocycles. The monoisotopic (exact) mass is 304 g/mol. The summed E-state index contributed by atoms with van der Waals surface area (Å²) in [5.41, 5.74) is 1.95. The second kappa shape index (κ2) is 4.53. The number of fused-ring (bicyclic) bond motifs is 1. The Morgan fingerprint density at radius 1 is 1.22 bits per heavy atom. The average Bonchev–Trinajstić information content (AvgIpc) is 2.72. The summed E-state index contributed by atoms with van der Waals surface area (Å²) in [4.78, 5) is 4.38. The predicted molar refractivity (Wildman–Crippen MR) is 72.1 cm³/mol. The van der Waals surface area contributed by atoms with Gasteiger partial charge in [0.05, 0.1) is 11.7 Å². The molecule has 0 N–H and O–H groups in total. The van der Waals surface area contributed by atoms with Crippen LogP contribution < -0.4 is 0 Å². The summed E-state index contributed by atoms with van der Waals surface area (Å²) in [6, 6.07) is 10.6. The van der Waals surface area contributed by atoms with Crippen LogP contribution in [-0.4, -0.2) is 9.38 Å². The summed E-state index contributed by atoms with van der Waals surface area (Å²) in [5, 5.41) is 0. The van der Waals surface area contributed by atoms with Crippen molar-refractivity contribution in [3.05, 3.63) is 70.5 Å². The van der Waals surface area contributed by atoms with Crippen LogP contribution in [0.25, 0.3) is 5.52 Å². The fourth-order valence-electron chi connectivity index (χ4n) is 1.99. The van der Waals surface area contributed by atoms with E-state index in [1.54, 1.807) is 12.1 Å². The van der Waals surface area contributed by atoms with Gasteiger partial charge in [-0.3, -0.25) is 0 Å². The van der Waals surface area contributed by atoms with Gasteiger partial charge in [-0.2, -0.15) is 0 Å². The van der Waals surface area contributed by atoms with Gasteiger partial charge in [-0.1, -0.05) is 28.1 Å². The van der Waals surface area contributed by atoms with Crippen molar-refractivity contribution in [2.24, 2.45) is 0 Å². The second-order valence-electron chi connectivity index (χ2n) is 4.12. The fraction of sp³-hybridized carbons (Fsp3) is 0.0714. The summed E-state index contributed by atoms with van der Waals surface area (Å²) < 4.78 is 16.2. The van der Waals surface area contributed by atoms with Crippen molar-refractivity contribution in [3.8, 4) is 0 Å². The van der Waals surface area contributed by atoms with E-state index in [1.165, 1.54) is 6.07 Å². The molecular formula is C14H10BrFN2. The van der Waals surface area contributed by atoms with Gasteiger partial charge in [-0.25, -0.2) is 9.37 Å². The molecule has 2 aromatic heterocycles.